The standard InChI is InChI=1S/C15H25N5O2S/c1-2-20(13-8-9-23(21,22)11-13)15-18-14(10-16-19-15)17-12-6-4-3-5-7-12/h10,12-13H,2-9,11H2,1H3,(H,17,18,19). The van der Waals surface area contributed by atoms with Gasteiger partial charge in [0, 0.05) is 18.6 Å². The Morgan fingerprint density at radius 1 is 1.26 bits per heavy atom. The molecule has 1 aromatic heterocycles. The molecule has 7 nitrogen and oxygen atoms in total. The highest BCUT2D eigenvalue weighted by Gasteiger charge is 2.33. The van der Waals surface area contributed by atoms with Gasteiger partial charge in [-0.3, -0.25) is 0 Å². The van der Waals surface area contributed by atoms with Crippen LogP contribution in [0.4, 0.5) is 11.8 Å². The monoisotopic (exact) mass is 339 g/mol. The van der Waals surface area contributed by atoms with Crippen LogP contribution in [0.15, 0.2) is 6.20 Å². The van der Waals surface area contributed by atoms with Gasteiger partial charge < -0.3 is 10.2 Å². The first-order valence-corrected chi connectivity index (χ1v) is 10.3. The van der Waals surface area contributed by atoms with Gasteiger partial charge in [0.1, 0.15) is 0 Å². The zero-order chi connectivity index (χ0) is 16.3. The molecule has 3 rings (SSSR count). The summed E-state index contributed by atoms with van der Waals surface area (Å²) in [4.78, 5) is 6.54. The van der Waals surface area contributed by atoms with E-state index in [1.807, 2.05) is 11.8 Å². The van der Waals surface area contributed by atoms with Crippen LogP contribution in [0.2, 0.25) is 0 Å². The van der Waals surface area contributed by atoms with Crippen molar-refractivity contribution in [2.75, 3.05) is 28.3 Å². The van der Waals surface area contributed by atoms with Crippen LogP contribution < -0.4 is 10.2 Å². The van der Waals surface area contributed by atoms with E-state index in [4.69, 9.17) is 0 Å². The minimum atomic E-state index is -2.92. The maximum absolute atomic E-state index is 11.7. The van der Waals surface area contributed by atoms with Crippen LogP contribution in [0, 0.1) is 0 Å². The Hall–Kier alpha value is -1.44. The predicted octanol–water partition coefficient (Wildman–Crippen LogP) is 1.63. The summed E-state index contributed by atoms with van der Waals surface area (Å²) in [7, 11) is -2.92. The van der Waals surface area contributed by atoms with E-state index >= 15 is 0 Å². The third kappa shape index (κ3) is 4.10. The van der Waals surface area contributed by atoms with Crippen molar-refractivity contribution in [3.05, 3.63) is 6.20 Å². The molecule has 0 radical (unpaired) electrons. The Morgan fingerprint density at radius 2 is 2.04 bits per heavy atom. The molecule has 2 fully saturated rings. The summed E-state index contributed by atoms with van der Waals surface area (Å²) in [5.41, 5.74) is 0. The molecule has 128 valence electrons. The summed E-state index contributed by atoms with van der Waals surface area (Å²) in [6, 6.07) is 0.409. The second kappa shape index (κ2) is 6.98. The highest BCUT2D eigenvalue weighted by molar-refractivity contribution is 7.91. The van der Waals surface area contributed by atoms with E-state index in [9.17, 15) is 8.42 Å². The van der Waals surface area contributed by atoms with E-state index in [1.165, 1.54) is 19.3 Å². The molecule has 2 aliphatic rings. The Bertz CT molecular complexity index is 631. The molecule has 1 aromatic rings. The smallest absolute Gasteiger partial charge is 0.247 e. The summed E-state index contributed by atoms with van der Waals surface area (Å²) in [6.45, 7) is 2.67. The van der Waals surface area contributed by atoms with Crippen LogP contribution in [0.3, 0.4) is 0 Å². The van der Waals surface area contributed by atoms with Gasteiger partial charge in [0.25, 0.3) is 0 Å². The zero-order valence-electron chi connectivity index (χ0n) is 13.6. The number of anilines is 2. The van der Waals surface area contributed by atoms with Crippen LogP contribution >= 0.6 is 0 Å². The maximum Gasteiger partial charge on any atom is 0.247 e. The van der Waals surface area contributed by atoms with Gasteiger partial charge in [-0.2, -0.15) is 10.1 Å². The van der Waals surface area contributed by atoms with Crippen LogP contribution in [-0.2, 0) is 9.84 Å². The summed E-state index contributed by atoms with van der Waals surface area (Å²) in [5, 5.41) is 11.6. The van der Waals surface area contributed by atoms with Crippen LogP contribution in [0.1, 0.15) is 45.4 Å². The van der Waals surface area contributed by atoms with Gasteiger partial charge in [0.05, 0.1) is 17.7 Å². The molecule has 1 saturated carbocycles. The van der Waals surface area contributed by atoms with Gasteiger partial charge in [-0.25, -0.2) is 8.42 Å². The summed E-state index contributed by atoms with van der Waals surface area (Å²) < 4.78 is 23.5. The minimum absolute atomic E-state index is 0.0447. The van der Waals surface area contributed by atoms with Crippen LogP contribution in [0.5, 0.6) is 0 Å². The van der Waals surface area contributed by atoms with E-state index in [0.717, 1.165) is 18.7 Å². The van der Waals surface area contributed by atoms with Crippen LogP contribution in [-0.4, -0.2) is 53.7 Å². The number of hydrogen-bond donors (Lipinski definition) is 1. The third-order valence-electron chi connectivity index (χ3n) is 4.75. The van der Waals surface area contributed by atoms with Crippen molar-refractivity contribution in [3.63, 3.8) is 0 Å². The van der Waals surface area contributed by atoms with E-state index in [0.29, 0.717) is 25.0 Å². The lowest BCUT2D eigenvalue weighted by atomic mass is 9.96. The van der Waals surface area contributed by atoms with Crippen molar-refractivity contribution in [2.45, 2.75) is 57.5 Å². The van der Waals surface area contributed by atoms with Gasteiger partial charge in [-0.05, 0) is 26.2 Å². The first-order valence-electron chi connectivity index (χ1n) is 8.51. The lowest BCUT2D eigenvalue weighted by molar-refractivity contribution is 0.461. The molecule has 1 unspecified atom stereocenters. The van der Waals surface area contributed by atoms with Gasteiger partial charge in [-0.15, -0.1) is 5.10 Å². The molecule has 8 heteroatoms. The molecule has 0 amide bonds. The van der Waals surface area contributed by atoms with Crippen molar-refractivity contribution < 1.29 is 8.42 Å². The van der Waals surface area contributed by atoms with Gasteiger partial charge >= 0.3 is 0 Å². The van der Waals surface area contributed by atoms with Gasteiger partial charge in [-0.1, -0.05) is 19.3 Å². The van der Waals surface area contributed by atoms with Crippen molar-refractivity contribution >= 4 is 21.6 Å². The Kier molecular flexibility index (Phi) is 4.99. The molecular formula is C15H25N5O2S. The molecule has 0 aromatic carbocycles. The highest BCUT2D eigenvalue weighted by atomic mass is 32.2. The number of aromatic nitrogens is 3. The highest BCUT2D eigenvalue weighted by Crippen LogP contribution is 2.23. The molecule has 1 atom stereocenters. The SMILES string of the molecule is CCN(c1nncc(NC2CCCCC2)n1)C1CCS(=O)(=O)C1. The molecular weight excluding hydrogens is 314 g/mol. The Labute approximate surface area is 137 Å². The molecule has 0 bridgehead atoms. The molecule has 2 heterocycles. The van der Waals surface area contributed by atoms with Crippen LogP contribution in [0.25, 0.3) is 0 Å². The number of nitrogens with one attached hydrogen (secondary N) is 1. The molecule has 23 heavy (non-hydrogen) atoms. The van der Waals surface area contributed by atoms with Gasteiger partial charge in [0.15, 0.2) is 15.7 Å². The summed E-state index contributed by atoms with van der Waals surface area (Å²) in [5.74, 6) is 1.70. The normalized spacial score (nSPS) is 24.5. The fraction of sp³-hybridized carbons (Fsp3) is 0.800. The molecule has 1 N–H and O–H groups in total. The minimum Gasteiger partial charge on any atom is -0.366 e. The van der Waals surface area contributed by atoms with E-state index in [2.05, 4.69) is 20.5 Å². The van der Waals surface area contributed by atoms with Crippen molar-refractivity contribution in [3.8, 4) is 0 Å². The first-order chi connectivity index (χ1) is 11.1. The second-order valence-corrected chi connectivity index (χ2v) is 8.69. The molecule has 0 spiro atoms. The topological polar surface area (TPSA) is 88.1 Å². The zero-order valence-corrected chi connectivity index (χ0v) is 14.4. The Morgan fingerprint density at radius 3 is 2.70 bits per heavy atom. The first kappa shape index (κ1) is 16.4. The predicted molar refractivity (Wildman–Crippen MR) is 90.4 cm³/mol. The number of sulfone groups is 1. The molecule has 1 aliphatic carbocycles. The quantitative estimate of drug-likeness (QED) is 0.872. The number of nitrogens with zero attached hydrogens (tertiary/aromatic N) is 4. The average Bonchev–Trinajstić information content (AvgIpc) is 2.89. The lowest BCUT2D eigenvalue weighted by Gasteiger charge is -2.27. The average molecular weight is 339 g/mol. The second-order valence-electron chi connectivity index (χ2n) is 6.46. The Balaban J connectivity index is 1.72. The fourth-order valence-corrected chi connectivity index (χ4v) is 5.26. The van der Waals surface area contributed by atoms with Gasteiger partial charge in [0.2, 0.25) is 5.95 Å². The lowest BCUT2D eigenvalue weighted by Crippen LogP contribution is -2.37. The van der Waals surface area contributed by atoms with E-state index < -0.39 is 9.84 Å². The van der Waals surface area contributed by atoms with Crippen molar-refractivity contribution in [2.24, 2.45) is 0 Å². The fourth-order valence-electron chi connectivity index (χ4n) is 3.53. The third-order valence-corrected chi connectivity index (χ3v) is 6.50. The maximum atomic E-state index is 11.7. The number of hydrogen-bond acceptors (Lipinski definition) is 7. The summed E-state index contributed by atoms with van der Waals surface area (Å²) in [6.07, 6.45) is 8.44. The van der Waals surface area contributed by atoms with Crippen molar-refractivity contribution in [1.82, 2.24) is 15.2 Å². The largest absolute Gasteiger partial charge is 0.366 e. The van der Waals surface area contributed by atoms with E-state index in [-0.39, 0.29) is 17.5 Å². The van der Waals surface area contributed by atoms with E-state index in [1.54, 1.807) is 6.20 Å². The van der Waals surface area contributed by atoms with Crippen molar-refractivity contribution in [1.29, 1.82) is 0 Å². The molecule has 1 saturated heterocycles. The summed E-state index contributed by atoms with van der Waals surface area (Å²) >= 11 is 0. The number of rotatable bonds is 5. The molecule has 1 aliphatic heterocycles.